The van der Waals surface area contributed by atoms with Crippen LogP contribution in [0.25, 0.3) is 0 Å². The number of hydrogen-bond donors (Lipinski definition) is 4. The van der Waals surface area contributed by atoms with E-state index in [1.807, 2.05) is 0 Å². The van der Waals surface area contributed by atoms with Gasteiger partial charge in [-0.2, -0.15) is 0 Å². The van der Waals surface area contributed by atoms with Gasteiger partial charge in [0.25, 0.3) is 0 Å². The van der Waals surface area contributed by atoms with Crippen LogP contribution in [0.15, 0.2) is 0 Å². The number of nitrogens with one attached hydrogen (secondary N) is 1. The summed E-state index contributed by atoms with van der Waals surface area (Å²) >= 11 is 0. The summed E-state index contributed by atoms with van der Waals surface area (Å²) in [6, 6.07) is -1.54. The number of aliphatic hydroxyl groups excluding tert-OH is 1. The molecular weight excluding hydrogens is 649 g/mol. The van der Waals surface area contributed by atoms with Crippen LogP contribution in [0, 0.1) is 0 Å². The monoisotopic (exact) mass is 721 g/mol. The van der Waals surface area contributed by atoms with E-state index in [0.717, 1.165) is 38.5 Å². The Kier molecular flexibility index (Phi) is 32.6. The largest absolute Gasteiger partial charge is 0.480 e. The zero-order valence-electron chi connectivity index (χ0n) is 31.0. The number of aliphatic hydroxyl groups is 1. The summed E-state index contributed by atoms with van der Waals surface area (Å²) in [5.74, 6) is -2.36. The van der Waals surface area contributed by atoms with Crippen LogP contribution >= 0.6 is 7.82 Å². The average Bonchev–Trinajstić information content (AvgIpc) is 3.07. The van der Waals surface area contributed by atoms with Gasteiger partial charge in [0.2, 0.25) is 5.91 Å². The zero-order valence-corrected chi connectivity index (χ0v) is 31.9. The molecule has 3 unspecified atom stereocenters. The highest BCUT2D eigenvalue weighted by molar-refractivity contribution is 7.47. The number of carboxylic acid groups (broad SMARTS) is 1. The van der Waals surface area contributed by atoms with Crippen molar-refractivity contribution in [1.82, 2.24) is 5.32 Å². The van der Waals surface area contributed by atoms with Crippen LogP contribution in [0.4, 0.5) is 0 Å². The van der Waals surface area contributed by atoms with Gasteiger partial charge in [0, 0.05) is 12.8 Å². The summed E-state index contributed by atoms with van der Waals surface area (Å²) in [5.41, 5.74) is 0. The first-order valence-corrected chi connectivity index (χ1v) is 21.1. The Balaban J connectivity index is 3.94. The van der Waals surface area contributed by atoms with E-state index in [2.05, 4.69) is 19.2 Å². The first kappa shape index (κ1) is 47.5. The Labute approximate surface area is 297 Å². The van der Waals surface area contributed by atoms with Gasteiger partial charge in [-0.1, -0.05) is 162 Å². The summed E-state index contributed by atoms with van der Waals surface area (Å²) in [7, 11) is -4.74. The molecule has 12 heteroatoms. The third-order valence-corrected chi connectivity index (χ3v) is 9.60. The number of carbonyl (C=O) groups excluding carboxylic acids is 2. The van der Waals surface area contributed by atoms with E-state index in [-0.39, 0.29) is 12.8 Å². The van der Waals surface area contributed by atoms with Crippen molar-refractivity contribution in [3.05, 3.63) is 0 Å². The van der Waals surface area contributed by atoms with Crippen LogP contribution in [-0.2, 0) is 32.7 Å². The molecule has 1 amide bonds. The Morgan fingerprint density at radius 3 is 1.35 bits per heavy atom. The van der Waals surface area contributed by atoms with Gasteiger partial charge in [0.15, 0.2) is 6.04 Å². The third kappa shape index (κ3) is 33.4. The first-order chi connectivity index (χ1) is 23.6. The Hall–Kier alpha value is -1.52. The maximum atomic E-state index is 12.3. The number of ether oxygens (including phenoxy) is 1. The van der Waals surface area contributed by atoms with Crippen molar-refractivity contribution in [2.75, 3.05) is 19.8 Å². The topological polar surface area (TPSA) is 169 Å². The number of amides is 1. The zero-order chi connectivity index (χ0) is 36.4. The minimum Gasteiger partial charge on any atom is -0.480 e. The molecular formula is C37H72NO10P. The molecule has 0 spiro atoms. The molecule has 49 heavy (non-hydrogen) atoms. The summed E-state index contributed by atoms with van der Waals surface area (Å²) < 4.78 is 26.7. The highest BCUT2D eigenvalue weighted by Crippen LogP contribution is 2.43. The highest BCUT2D eigenvalue weighted by Gasteiger charge is 2.28. The normalized spacial score (nSPS) is 13.9. The van der Waals surface area contributed by atoms with Crippen molar-refractivity contribution in [2.24, 2.45) is 0 Å². The molecule has 0 heterocycles. The van der Waals surface area contributed by atoms with Crippen molar-refractivity contribution in [3.63, 3.8) is 0 Å². The van der Waals surface area contributed by atoms with Gasteiger partial charge in [-0.15, -0.1) is 0 Å². The van der Waals surface area contributed by atoms with Gasteiger partial charge in [-0.05, 0) is 12.8 Å². The summed E-state index contributed by atoms with van der Waals surface area (Å²) in [6.07, 6.45) is 28.5. The van der Waals surface area contributed by atoms with Crippen molar-refractivity contribution in [3.8, 4) is 0 Å². The average molecular weight is 722 g/mol. The molecule has 0 aromatic heterocycles. The number of phosphoric acid groups is 1. The van der Waals surface area contributed by atoms with Crippen LogP contribution in [0.1, 0.15) is 187 Å². The van der Waals surface area contributed by atoms with Crippen LogP contribution < -0.4 is 5.32 Å². The Morgan fingerprint density at radius 2 is 0.939 bits per heavy atom. The van der Waals surface area contributed by atoms with E-state index in [1.54, 1.807) is 0 Å². The van der Waals surface area contributed by atoms with Crippen LogP contribution in [-0.4, -0.2) is 64.9 Å². The van der Waals surface area contributed by atoms with Gasteiger partial charge in [0.1, 0.15) is 12.7 Å². The lowest BCUT2D eigenvalue weighted by molar-refractivity contribution is -0.147. The van der Waals surface area contributed by atoms with Crippen LogP contribution in [0.2, 0.25) is 0 Å². The number of carbonyl (C=O) groups is 3. The first-order valence-electron chi connectivity index (χ1n) is 19.6. The Bertz CT molecular complexity index is 859. The molecule has 0 aromatic carbocycles. The van der Waals surface area contributed by atoms with Crippen LogP contribution in [0.5, 0.6) is 0 Å². The second kappa shape index (κ2) is 33.6. The smallest absolute Gasteiger partial charge is 0.472 e. The lowest BCUT2D eigenvalue weighted by Gasteiger charge is -2.18. The molecule has 0 aliphatic rings. The quantitative estimate of drug-likeness (QED) is 0.0276. The van der Waals surface area contributed by atoms with E-state index in [9.17, 15) is 34.1 Å². The molecule has 0 aliphatic carbocycles. The molecule has 0 aliphatic heterocycles. The maximum Gasteiger partial charge on any atom is 0.472 e. The molecule has 0 aromatic rings. The number of phosphoric ester groups is 1. The lowest BCUT2D eigenvalue weighted by Crippen LogP contribution is -2.43. The molecule has 3 atom stereocenters. The van der Waals surface area contributed by atoms with Gasteiger partial charge < -0.3 is 25.2 Å². The summed E-state index contributed by atoms with van der Waals surface area (Å²) in [5, 5.41) is 21.7. The molecule has 4 N–H and O–H groups in total. The van der Waals surface area contributed by atoms with Gasteiger partial charge in [-0.3, -0.25) is 18.6 Å². The highest BCUT2D eigenvalue weighted by atomic mass is 31.2. The van der Waals surface area contributed by atoms with Gasteiger partial charge in [-0.25, -0.2) is 9.36 Å². The van der Waals surface area contributed by atoms with Crippen molar-refractivity contribution in [1.29, 1.82) is 0 Å². The molecule has 0 radical (unpaired) electrons. The van der Waals surface area contributed by atoms with E-state index in [1.165, 1.54) is 109 Å². The molecule has 290 valence electrons. The summed E-state index contributed by atoms with van der Waals surface area (Å²) in [4.78, 5) is 45.6. The standard InChI is InChI=1S/C37H72NO10P/c1-3-5-7-9-11-13-15-16-17-18-19-20-22-24-26-28-35(40)38-34(37(42)43)32-48-49(44,45)47-31-33(39)30-46-36(41)29-27-25-23-21-14-12-10-8-6-4-2/h33-34,39H,3-32H2,1-2H3,(H,38,40)(H,42,43)(H,44,45). The molecule has 11 nitrogen and oxygen atoms in total. The van der Waals surface area contributed by atoms with Crippen molar-refractivity contribution >= 4 is 25.7 Å². The predicted octanol–water partition coefficient (Wildman–Crippen LogP) is 9.17. The van der Waals surface area contributed by atoms with Crippen molar-refractivity contribution in [2.45, 2.75) is 199 Å². The molecule has 0 bridgehead atoms. The fourth-order valence-corrected chi connectivity index (χ4v) is 6.32. The lowest BCUT2D eigenvalue weighted by atomic mass is 10.0. The minimum atomic E-state index is -4.74. The fourth-order valence-electron chi connectivity index (χ4n) is 5.55. The molecule has 0 rings (SSSR count). The molecule has 0 saturated carbocycles. The SMILES string of the molecule is CCCCCCCCCCCCCCCCCC(=O)NC(COP(=O)(O)OCC(O)COC(=O)CCCCCCCCCCCC)C(=O)O. The predicted molar refractivity (Wildman–Crippen MR) is 194 cm³/mol. The van der Waals surface area contributed by atoms with E-state index in [0.29, 0.717) is 12.8 Å². The van der Waals surface area contributed by atoms with Crippen LogP contribution in [0.3, 0.4) is 0 Å². The van der Waals surface area contributed by atoms with Gasteiger partial charge in [0.05, 0.1) is 13.2 Å². The number of aliphatic carboxylic acids is 1. The number of hydrogen-bond acceptors (Lipinski definition) is 8. The Morgan fingerprint density at radius 1 is 0.571 bits per heavy atom. The number of rotatable bonds is 37. The van der Waals surface area contributed by atoms with E-state index < -0.39 is 57.6 Å². The second-order valence-electron chi connectivity index (χ2n) is 13.5. The number of unbranched alkanes of at least 4 members (excludes halogenated alkanes) is 23. The van der Waals surface area contributed by atoms with E-state index >= 15 is 0 Å². The fraction of sp³-hybridized carbons (Fsp3) is 0.919. The number of esters is 1. The third-order valence-electron chi connectivity index (χ3n) is 8.65. The van der Waals surface area contributed by atoms with E-state index in [4.69, 9.17) is 13.8 Å². The summed E-state index contributed by atoms with van der Waals surface area (Å²) in [6.45, 7) is 2.57. The second-order valence-corrected chi connectivity index (χ2v) is 14.9. The number of carboxylic acids is 1. The maximum absolute atomic E-state index is 12.3. The molecule has 0 saturated heterocycles. The van der Waals surface area contributed by atoms with Gasteiger partial charge >= 0.3 is 19.8 Å². The minimum absolute atomic E-state index is 0.152. The molecule has 0 fully saturated rings. The van der Waals surface area contributed by atoms with Crippen molar-refractivity contribution < 1.29 is 47.8 Å².